The van der Waals surface area contributed by atoms with Crippen LogP contribution in [0.15, 0.2) is 30.5 Å². The molecule has 0 saturated carbocycles. The maximum absolute atomic E-state index is 10.7. The number of thiazole rings is 1. The van der Waals surface area contributed by atoms with Crippen LogP contribution in [-0.4, -0.2) is 16.1 Å². The number of carboxylic acid groups (broad SMARTS) is 1. The molecule has 17 heavy (non-hydrogen) atoms. The first-order valence-electron chi connectivity index (χ1n) is 4.93. The summed E-state index contributed by atoms with van der Waals surface area (Å²) >= 11 is 1.08. The van der Waals surface area contributed by atoms with Crippen molar-refractivity contribution >= 4 is 17.3 Å². The van der Waals surface area contributed by atoms with Gasteiger partial charge in [0.15, 0.2) is 5.01 Å². The average molecular weight is 243 g/mol. The number of hydrogen-bond donors (Lipinski definition) is 1. The van der Waals surface area contributed by atoms with E-state index in [9.17, 15) is 4.79 Å². The third-order valence-corrected chi connectivity index (χ3v) is 3.07. The summed E-state index contributed by atoms with van der Waals surface area (Å²) in [6, 6.07) is 7.77. The van der Waals surface area contributed by atoms with Gasteiger partial charge >= 0.3 is 5.97 Å². The maximum Gasteiger partial charge on any atom is 0.347 e. The molecule has 4 heteroatoms. The van der Waals surface area contributed by atoms with Crippen molar-refractivity contribution < 1.29 is 9.90 Å². The molecule has 1 aromatic heterocycles. The van der Waals surface area contributed by atoms with Crippen molar-refractivity contribution in [1.29, 1.82) is 0 Å². The van der Waals surface area contributed by atoms with Gasteiger partial charge in [-0.05, 0) is 24.5 Å². The van der Waals surface area contributed by atoms with Crippen LogP contribution >= 0.6 is 11.3 Å². The van der Waals surface area contributed by atoms with E-state index in [1.54, 1.807) is 0 Å². The molecule has 0 aliphatic heterocycles. The van der Waals surface area contributed by atoms with Crippen LogP contribution in [0.1, 0.15) is 25.8 Å². The van der Waals surface area contributed by atoms with Gasteiger partial charge in [0.05, 0.1) is 6.20 Å². The van der Waals surface area contributed by atoms with Gasteiger partial charge in [0.25, 0.3) is 0 Å². The molecule has 3 nitrogen and oxygen atoms in total. The van der Waals surface area contributed by atoms with Crippen molar-refractivity contribution in [1.82, 2.24) is 4.98 Å². The van der Waals surface area contributed by atoms with Crippen molar-refractivity contribution in [2.24, 2.45) is 0 Å². The number of aromatic nitrogens is 1. The van der Waals surface area contributed by atoms with E-state index in [4.69, 9.17) is 5.11 Å². The molecular weight excluding hydrogens is 234 g/mol. The van der Waals surface area contributed by atoms with Gasteiger partial charge in [0.2, 0.25) is 0 Å². The number of benzene rings is 1. The van der Waals surface area contributed by atoms with Crippen LogP contribution in [0.3, 0.4) is 0 Å². The van der Waals surface area contributed by atoms with Gasteiger partial charge in [-0.15, -0.1) is 0 Å². The quantitative estimate of drug-likeness (QED) is 0.783. The lowest BCUT2D eigenvalue weighted by atomic mass is 10.1. The molecule has 0 unspecified atom stereocenters. The van der Waals surface area contributed by atoms with Gasteiger partial charge in [-0.3, -0.25) is 0 Å². The second-order valence-corrected chi connectivity index (χ2v) is 4.43. The first-order valence-corrected chi connectivity index (χ1v) is 5.75. The lowest BCUT2D eigenvalue weighted by Gasteiger charge is -1.93. The van der Waals surface area contributed by atoms with E-state index < -0.39 is 5.97 Å². The van der Waals surface area contributed by atoms with Crippen molar-refractivity contribution in [2.45, 2.75) is 6.92 Å². The van der Waals surface area contributed by atoms with E-state index in [0.717, 1.165) is 22.5 Å². The Kier molecular flexibility index (Phi) is 3.22. The zero-order valence-electron chi connectivity index (χ0n) is 9.10. The van der Waals surface area contributed by atoms with E-state index in [-0.39, 0.29) is 4.88 Å². The SMILES string of the molecule is Cc1ccccc1C#Cc1ncc(C(=O)O)s1. The summed E-state index contributed by atoms with van der Waals surface area (Å²) in [7, 11) is 0. The summed E-state index contributed by atoms with van der Waals surface area (Å²) in [6.07, 6.45) is 1.33. The van der Waals surface area contributed by atoms with E-state index in [2.05, 4.69) is 16.8 Å². The Bertz CT molecular complexity index is 620. The number of aromatic carboxylic acids is 1. The molecule has 1 aromatic carbocycles. The summed E-state index contributed by atoms with van der Waals surface area (Å²) in [5, 5.41) is 9.27. The van der Waals surface area contributed by atoms with Crippen LogP contribution in [-0.2, 0) is 0 Å². The van der Waals surface area contributed by atoms with Crippen molar-refractivity contribution in [2.75, 3.05) is 0 Å². The fourth-order valence-corrected chi connectivity index (χ4v) is 1.87. The predicted octanol–water partition coefficient (Wildman–Crippen LogP) is 2.55. The van der Waals surface area contributed by atoms with Gasteiger partial charge in [-0.2, -0.15) is 0 Å². The molecule has 0 aliphatic carbocycles. The fourth-order valence-electron chi connectivity index (χ4n) is 1.26. The number of aryl methyl sites for hydroxylation is 1. The average Bonchev–Trinajstić information content (AvgIpc) is 2.77. The molecular formula is C13H9NO2S. The van der Waals surface area contributed by atoms with Gasteiger partial charge in [0, 0.05) is 5.56 Å². The second kappa shape index (κ2) is 4.81. The number of hydrogen-bond acceptors (Lipinski definition) is 3. The molecule has 1 heterocycles. The van der Waals surface area contributed by atoms with E-state index in [0.29, 0.717) is 5.01 Å². The molecule has 2 aromatic rings. The summed E-state index contributed by atoms with van der Waals surface area (Å²) < 4.78 is 0. The molecule has 0 amide bonds. The van der Waals surface area contributed by atoms with Crippen molar-refractivity contribution in [3.05, 3.63) is 51.5 Å². The minimum absolute atomic E-state index is 0.207. The summed E-state index contributed by atoms with van der Waals surface area (Å²) in [6.45, 7) is 1.98. The highest BCUT2D eigenvalue weighted by Crippen LogP contribution is 2.12. The third-order valence-electron chi connectivity index (χ3n) is 2.17. The molecule has 0 aliphatic rings. The Morgan fingerprint density at radius 1 is 1.35 bits per heavy atom. The number of carbonyl (C=O) groups is 1. The lowest BCUT2D eigenvalue weighted by molar-refractivity contribution is 0.0702. The van der Waals surface area contributed by atoms with Crippen LogP contribution in [0.4, 0.5) is 0 Å². The van der Waals surface area contributed by atoms with Crippen LogP contribution in [0.5, 0.6) is 0 Å². The molecule has 0 bridgehead atoms. The Balaban J connectivity index is 2.27. The minimum Gasteiger partial charge on any atom is -0.477 e. The predicted molar refractivity (Wildman–Crippen MR) is 66.2 cm³/mol. The molecule has 0 saturated heterocycles. The minimum atomic E-state index is -0.966. The van der Waals surface area contributed by atoms with E-state index >= 15 is 0 Å². The molecule has 84 valence electrons. The lowest BCUT2D eigenvalue weighted by Crippen LogP contribution is -1.89. The number of nitrogens with zero attached hydrogens (tertiary/aromatic N) is 1. The Hall–Kier alpha value is -2.12. The largest absolute Gasteiger partial charge is 0.477 e. The Morgan fingerprint density at radius 2 is 2.12 bits per heavy atom. The molecule has 0 atom stereocenters. The zero-order chi connectivity index (χ0) is 12.3. The Morgan fingerprint density at radius 3 is 2.76 bits per heavy atom. The molecule has 0 spiro atoms. The van der Waals surface area contributed by atoms with Gasteiger partial charge in [-0.1, -0.05) is 35.5 Å². The topological polar surface area (TPSA) is 50.2 Å². The zero-order valence-corrected chi connectivity index (χ0v) is 9.91. The normalized spacial score (nSPS) is 9.47. The maximum atomic E-state index is 10.7. The molecule has 0 radical (unpaired) electrons. The summed E-state index contributed by atoms with van der Waals surface area (Å²) in [5.74, 6) is 4.89. The van der Waals surface area contributed by atoms with Crippen LogP contribution in [0.25, 0.3) is 0 Å². The molecule has 0 fully saturated rings. The van der Waals surface area contributed by atoms with Crippen LogP contribution in [0.2, 0.25) is 0 Å². The smallest absolute Gasteiger partial charge is 0.347 e. The van der Waals surface area contributed by atoms with Crippen molar-refractivity contribution in [3.63, 3.8) is 0 Å². The highest BCUT2D eigenvalue weighted by atomic mass is 32.1. The number of carboxylic acids is 1. The summed E-state index contributed by atoms with van der Waals surface area (Å²) in [5.41, 5.74) is 2.02. The number of rotatable bonds is 1. The van der Waals surface area contributed by atoms with Crippen molar-refractivity contribution in [3.8, 4) is 11.8 Å². The Labute approximate surface area is 103 Å². The summed E-state index contributed by atoms with van der Waals surface area (Å²) in [4.78, 5) is 14.8. The second-order valence-electron chi connectivity index (χ2n) is 3.40. The standard InChI is InChI=1S/C13H9NO2S/c1-9-4-2-3-5-10(9)6-7-12-14-8-11(17-12)13(15)16/h2-5,8H,1H3,(H,15,16). The van der Waals surface area contributed by atoms with E-state index in [1.165, 1.54) is 6.20 Å². The van der Waals surface area contributed by atoms with Crippen LogP contribution in [0, 0.1) is 18.8 Å². The highest BCUT2D eigenvalue weighted by Gasteiger charge is 2.06. The van der Waals surface area contributed by atoms with Crippen LogP contribution < -0.4 is 0 Å². The first-order chi connectivity index (χ1) is 8.16. The van der Waals surface area contributed by atoms with Gasteiger partial charge in [0.1, 0.15) is 4.88 Å². The molecule has 1 N–H and O–H groups in total. The first kappa shape index (κ1) is 11.4. The third kappa shape index (κ3) is 2.71. The van der Waals surface area contributed by atoms with Gasteiger partial charge in [-0.25, -0.2) is 9.78 Å². The highest BCUT2D eigenvalue weighted by molar-refractivity contribution is 7.14. The molecule has 2 rings (SSSR count). The van der Waals surface area contributed by atoms with E-state index in [1.807, 2.05) is 31.2 Å². The fraction of sp³-hybridized carbons (Fsp3) is 0.0769. The van der Waals surface area contributed by atoms with Gasteiger partial charge < -0.3 is 5.11 Å². The monoisotopic (exact) mass is 243 g/mol.